The van der Waals surface area contributed by atoms with E-state index in [-0.39, 0.29) is 30.2 Å². The van der Waals surface area contributed by atoms with Gasteiger partial charge in [-0.2, -0.15) is 0 Å². The van der Waals surface area contributed by atoms with Crippen molar-refractivity contribution in [3.05, 3.63) is 0 Å². The van der Waals surface area contributed by atoms with Crippen LogP contribution in [0.1, 0.15) is 6.42 Å². The molecule has 0 unspecified atom stereocenters. The van der Waals surface area contributed by atoms with Crippen LogP contribution >= 0.6 is 0 Å². The van der Waals surface area contributed by atoms with Crippen molar-refractivity contribution in [2.45, 2.75) is 30.8 Å². The van der Waals surface area contributed by atoms with Crippen LogP contribution in [0.5, 0.6) is 0 Å². The van der Waals surface area contributed by atoms with Crippen LogP contribution in [0.3, 0.4) is 0 Å². The van der Waals surface area contributed by atoms with Gasteiger partial charge in [0.25, 0.3) is 0 Å². The highest BCUT2D eigenvalue weighted by Crippen LogP contribution is 2.45. The SMILES string of the molecule is O=C1C[C@@H]2O[C@@H]2[C@@H]2O[C@H]12. The van der Waals surface area contributed by atoms with E-state index < -0.39 is 0 Å². The van der Waals surface area contributed by atoms with Crippen LogP contribution in [-0.2, 0) is 14.3 Å². The van der Waals surface area contributed by atoms with Gasteiger partial charge in [-0.15, -0.1) is 0 Å². The third-order valence-electron chi connectivity index (χ3n) is 2.19. The first-order chi connectivity index (χ1) is 4.36. The van der Waals surface area contributed by atoms with Crippen molar-refractivity contribution in [3.63, 3.8) is 0 Å². The summed E-state index contributed by atoms with van der Waals surface area (Å²) in [5.41, 5.74) is 0. The van der Waals surface area contributed by atoms with Crippen LogP contribution in [0.2, 0.25) is 0 Å². The van der Waals surface area contributed by atoms with Gasteiger partial charge in [0.2, 0.25) is 0 Å². The Hall–Kier alpha value is -0.410. The Morgan fingerprint density at radius 3 is 3.11 bits per heavy atom. The van der Waals surface area contributed by atoms with Crippen LogP contribution in [0.15, 0.2) is 0 Å². The Labute approximate surface area is 51.9 Å². The number of carbonyl (C=O) groups is 1. The van der Waals surface area contributed by atoms with Crippen molar-refractivity contribution in [2.75, 3.05) is 0 Å². The summed E-state index contributed by atoms with van der Waals surface area (Å²) < 4.78 is 10.2. The minimum Gasteiger partial charge on any atom is -0.366 e. The van der Waals surface area contributed by atoms with E-state index in [1.165, 1.54) is 0 Å². The van der Waals surface area contributed by atoms with E-state index in [0.29, 0.717) is 6.42 Å². The first-order valence-electron chi connectivity index (χ1n) is 3.20. The molecule has 0 amide bonds. The number of hydrogen-bond donors (Lipinski definition) is 0. The monoisotopic (exact) mass is 126 g/mol. The molecule has 0 aromatic carbocycles. The maximum Gasteiger partial charge on any atom is 0.167 e. The summed E-state index contributed by atoms with van der Waals surface area (Å²) in [6.07, 6.45) is 1.17. The topological polar surface area (TPSA) is 42.1 Å². The molecule has 0 aromatic rings. The van der Waals surface area contributed by atoms with Gasteiger partial charge in [0, 0.05) is 6.42 Å². The lowest BCUT2D eigenvalue weighted by atomic mass is 10.00. The van der Waals surface area contributed by atoms with E-state index in [9.17, 15) is 4.79 Å². The fourth-order valence-electron chi connectivity index (χ4n) is 1.56. The second-order valence-corrected chi connectivity index (χ2v) is 2.83. The predicted octanol–water partition coefficient (Wildman–Crippen LogP) is -0.506. The van der Waals surface area contributed by atoms with Gasteiger partial charge in [-0.25, -0.2) is 0 Å². The standard InChI is InChI=1S/C6H6O3/c7-2-1-3-5(8-3)6-4(2)9-6/h3-6H,1H2/t3-,4+,5-,6+/m0/s1. The summed E-state index contributed by atoms with van der Waals surface area (Å²) >= 11 is 0. The molecular formula is C6H6O3. The van der Waals surface area contributed by atoms with Crippen molar-refractivity contribution in [1.82, 2.24) is 0 Å². The molecule has 0 radical (unpaired) electrons. The molecule has 0 bridgehead atoms. The van der Waals surface area contributed by atoms with E-state index in [0.717, 1.165) is 0 Å². The smallest absolute Gasteiger partial charge is 0.167 e. The van der Waals surface area contributed by atoms with Crippen molar-refractivity contribution in [3.8, 4) is 0 Å². The van der Waals surface area contributed by atoms with Gasteiger partial charge in [-0.1, -0.05) is 0 Å². The van der Waals surface area contributed by atoms with Crippen molar-refractivity contribution >= 4 is 5.78 Å². The predicted molar refractivity (Wildman–Crippen MR) is 26.9 cm³/mol. The van der Waals surface area contributed by atoms with Gasteiger partial charge in [0.15, 0.2) is 5.78 Å². The molecular weight excluding hydrogens is 120 g/mol. The van der Waals surface area contributed by atoms with Crippen LogP contribution in [0, 0.1) is 0 Å². The molecule has 1 aliphatic carbocycles. The van der Waals surface area contributed by atoms with Crippen LogP contribution in [-0.4, -0.2) is 30.2 Å². The number of carbonyl (C=O) groups excluding carboxylic acids is 1. The van der Waals surface area contributed by atoms with E-state index in [1.807, 2.05) is 0 Å². The molecule has 3 fully saturated rings. The lowest BCUT2D eigenvalue weighted by molar-refractivity contribution is -0.120. The van der Waals surface area contributed by atoms with Crippen molar-refractivity contribution in [1.29, 1.82) is 0 Å². The second-order valence-electron chi connectivity index (χ2n) is 2.83. The Balaban J connectivity index is 1.94. The summed E-state index contributed by atoms with van der Waals surface area (Å²) in [6.45, 7) is 0. The zero-order chi connectivity index (χ0) is 6.01. The third kappa shape index (κ3) is 0.426. The molecule has 1 saturated carbocycles. The summed E-state index contributed by atoms with van der Waals surface area (Å²) in [5.74, 6) is 0.235. The first-order valence-corrected chi connectivity index (χ1v) is 3.20. The normalized spacial score (nSPS) is 60.2. The van der Waals surface area contributed by atoms with Crippen molar-refractivity contribution in [2.24, 2.45) is 0 Å². The highest BCUT2D eigenvalue weighted by Gasteiger charge is 2.64. The van der Waals surface area contributed by atoms with Gasteiger partial charge < -0.3 is 9.47 Å². The Morgan fingerprint density at radius 2 is 2.22 bits per heavy atom. The summed E-state index contributed by atoms with van der Waals surface area (Å²) in [7, 11) is 0. The molecule has 3 nitrogen and oxygen atoms in total. The molecule has 3 rings (SSSR count). The average Bonchev–Trinajstić information content (AvgIpc) is 2.54. The molecule has 4 atom stereocenters. The molecule has 0 aromatic heterocycles. The number of ether oxygens (including phenoxy) is 2. The first kappa shape index (κ1) is 4.41. The van der Waals surface area contributed by atoms with Crippen LogP contribution in [0.25, 0.3) is 0 Å². The summed E-state index contributed by atoms with van der Waals surface area (Å²) in [4.78, 5) is 10.9. The summed E-state index contributed by atoms with van der Waals surface area (Å²) in [5, 5.41) is 0. The highest BCUT2D eigenvalue weighted by molar-refractivity contribution is 5.88. The number of Topliss-reactive ketones (excluding diaryl/α,β-unsaturated/α-hetero) is 1. The zero-order valence-electron chi connectivity index (χ0n) is 4.74. The average molecular weight is 126 g/mol. The lowest BCUT2D eigenvalue weighted by Crippen LogP contribution is -2.21. The van der Waals surface area contributed by atoms with E-state index in [4.69, 9.17) is 9.47 Å². The molecule has 0 spiro atoms. The largest absolute Gasteiger partial charge is 0.366 e. The fraction of sp³-hybridized carbons (Fsp3) is 0.833. The zero-order valence-corrected chi connectivity index (χ0v) is 4.74. The second kappa shape index (κ2) is 1.07. The molecule has 2 heterocycles. The molecule has 48 valence electrons. The van der Waals surface area contributed by atoms with Gasteiger partial charge in [-0.3, -0.25) is 4.79 Å². The molecule has 2 aliphatic heterocycles. The number of ketones is 1. The minimum atomic E-state index is -0.0752. The lowest BCUT2D eigenvalue weighted by Gasteiger charge is -1.94. The van der Waals surface area contributed by atoms with Gasteiger partial charge in [0.05, 0.1) is 6.10 Å². The molecule has 3 aliphatic rings. The Bertz CT molecular complexity index is 189. The Morgan fingerprint density at radius 1 is 1.33 bits per heavy atom. The quantitative estimate of drug-likeness (QED) is 0.411. The number of epoxide rings is 2. The van der Waals surface area contributed by atoms with E-state index in [1.54, 1.807) is 0 Å². The van der Waals surface area contributed by atoms with E-state index >= 15 is 0 Å². The maximum absolute atomic E-state index is 10.9. The highest BCUT2D eigenvalue weighted by atomic mass is 16.7. The van der Waals surface area contributed by atoms with Gasteiger partial charge in [-0.05, 0) is 0 Å². The minimum absolute atomic E-state index is 0.0752. The molecule has 3 heteroatoms. The number of rotatable bonds is 0. The van der Waals surface area contributed by atoms with Crippen LogP contribution < -0.4 is 0 Å². The summed E-state index contributed by atoms with van der Waals surface area (Å²) in [6, 6.07) is 0. The van der Waals surface area contributed by atoms with Gasteiger partial charge >= 0.3 is 0 Å². The van der Waals surface area contributed by atoms with Crippen molar-refractivity contribution < 1.29 is 14.3 Å². The van der Waals surface area contributed by atoms with Crippen LogP contribution in [0.4, 0.5) is 0 Å². The van der Waals surface area contributed by atoms with Gasteiger partial charge in [0.1, 0.15) is 18.3 Å². The number of hydrogen-bond acceptors (Lipinski definition) is 3. The maximum atomic E-state index is 10.9. The fourth-order valence-corrected chi connectivity index (χ4v) is 1.56. The van der Waals surface area contributed by atoms with E-state index in [2.05, 4.69) is 0 Å². The molecule has 2 saturated heterocycles. The molecule has 9 heavy (non-hydrogen) atoms. The molecule has 0 N–H and O–H groups in total. The number of fused-ring (bicyclic) bond motifs is 3. The third-order valence-corrected chi connectivity index (χ3v) is 2.19. The Kier molecular flexibility index (Phi) is 0.522.